The second kappa shape index (κ2) is 9.47. The van der Waals surface area contributed by atoms with Crippen LogP contribution in [0.15, 0.2) is 23.1 Å². The number of nitrogens with zero attached hydrogens (tertiary/aromatic N) is 2. The summed E-state index contributed by atoms with van der Waals surface area (Å²) in [6.45, 7) is 3.49. The van der Waals surface area contributed by atoms with E-state index in [-0.39, 0.29) is 17.4 Å². The molecule has 2 fully saturated rings. The van der Waals surface area contributed by atoms with Crippen LogP contribution >= 0.6 is 23.4 Å². The minimum Gasteiger partial charge on any atom is -0.493 e. The van der Waals surface area contributed by atoms with E-state index in [4.69, 9.17) is 16.3 Å². The van der Waals surface area contributed by atoms with Crippen LogP contribution in [0.1, 0.15) is 38.2 Å². The molecule has 2 heterocycles. The molecule has 0 unspecified atom stereocenters. The SMILES string of the molecule is CCOc1ccc(Cl)cc1C=C1SC(=O)N(CC(=O)N2CCCCCC2)C1=O. The minimum atomic E-state index is -0.458. The van der Waals surface area contributed by atoms with Crippen molar-refractivity contribution in [2.45, 2.75) is 32.6 Å². The lowest BCUT2D eigenvalue weighted by Crippen LogP contribution is -2.42. The second-order valence-corrected chi connectivity index (χ2v) is 8.11. The molecule has 2 aliphatic rings. The van der Waals surface area contributed by atoms with Gasteiger partial charge in [-0.15, -0.1) is 0 Å². The lowest BCUT2D eigenvalue weighted by Gasteiger charge is -2.22. The monoisotopic (exact) mass is 422 g/mol. The Kier molecular flexibility index (Phi) is 7.02. The van der Waals surface area contributed by atoms with Crippen molar-refractivity contribution in [1.82, 2.24) is 9.80 Å². The minimum absolute atomic E-state index is 0.178. The van der Waals surface area contributed by atoms with Gasteiger partial charge in [-0.25, -0.2) is 0 Å². The van der Waals surface area contributed by atoms with Crippen molar-refractivity contribution in [2.24, 2.45) is 0 Å². The summed E-state index contributed by atoms with van der Waals surface area (Å²) in [5.74, 6) is -0.0526. The molecular formula is C20H23ClN2O4S. The van der Waals surface area contributed by atoms with Crippen molar-refractivity contribution in [3.8, 4) is 5.75 Å². The second-order valence-electron chi connectivity index (χ2n) is 6.68. The van der Waals surface area contributed by atoms with Crippen molar-refractivity contribution in [1.29, 1.82) is 0 Å². The first kappa shape index (κ1) is 20.7. The number of carbonyl (C=O) groups is 3. The number of amides is 3. The highest BCUT2D eigenvalue weighted by Gasteiger charge is 2.37. The third kappa shape index (κ3) is 4.89. The first-order valence-corrected chi connectivity index (χ1v) is 10.6. The van der Waals surface area contributed by atoms with E-state index in [9.17, 15) is 14.4 Å². The highest BCUT2D eigenvalue weighted by molar-refractivity contribution is 8.18. The summed E-state index contributed by atoms with van der Waals surface area (Å²) < 4.78 is 5.56. The molecule has 0 aromatic heterocycles. The largest absolute Gasteiger partial charge is 0.493 e. The molecule has 2 aliphatic heterocycles. The van der Waals surface area contributed by atoms with Crippen LogP contribution in [0.2, 0.25) is 5.02 Å². The van der Waals surface area contributed by atoms with Crippen molar-refractivity contribution >= 4 is 46.5 Å². The molecule has 0 spiro atoms. The van der Waals surface area contributed by atoms with Crippen LogP contribution in [-0.2, 0) is 9.59 Å². The van der Waals surface area contributed by atoms with Crippen LogP contribution in [-0.4, -0.2) is 53.1 Å². The van der Waals surface area contributed by atoms with E-state index in [2.05, 4.69) is 0 Å². The normalized spacial score (nSPS) is 19.3. The summed E-state index contributed by atoms with van der Waals surface area (Å²) in [4.78, 5) is 40.7. The third-order valence-electron chi connectivity index (χ3n) is 4.68. The lowest BCUT2D eigenvalue weighted by molar-refractivity contribution is -0.135. The Morgan fingerprint density at radius 2 is 1.93 bits per heavy atom. The molecule has 8 heteroatoms. The number of thioether (sulfide) groups is 1. The maximum Gasteiger partial charge on any atom is 0.294 e. The fourth-order valence-electron chi connectivity index (χ4n) is 3.25. The van der Waals surface area contributed by atoms with Gasteiger partial charge < -0.3 is 9.64 Å². The number of rotatable bonds is 5. The molecule has 0 radical (unpaired) electrons. The van der Waals surface area contributed by atoms with Gasteiger partial charge >= 0.3 is 0 Å². The van der Waals surface area contributed by atoms with Crippen LogP contribution < -0.4 is 4.74 Å². The molecule has 1 aromatic rings. The van der Waals surface area contributed by atoms with Crippen molar-refractivity contribution in [3.05, 3.63) is 33.7 Å². The quantitative estimate of drug-likeness (QED) is 0.666. The number of ether oxygens (including phenoxy) is 1. The molecule has 150 valence electrons. The van der Waals surface area contributed by atoms with E-state index in [1.165, 1.54) is 0 Å². The van der Waals surface area contributed by atoms with Gasteiger partial charge in [-0.2, -0.15) is 0 Å². The summed E-state index contributed by atoms with van der Waals surface area (Å²) in [6, 6.07) is 5.11. The third-order valence-corrected chi connectivity index (χ3v) is 5.83. The number of likely N-dealkylation sites (tertiary alicyclic amines) is 1. The first-order valence-electron chi connectivity index (χ1n) is 9.45. The maximum absolute atomic E-state index is 12.7. The molecule has 3 rings (SSSR count). The van der Waals surface area contributed by atoms with Gasteiger partial charge in [0.05, 0.1) is 11.5 Å². The van der Waals surface area contributed by atoms with E-state index in [1.807, 2.05) is 6.92 Å². The smallest absolute Gasteiger partial charge is 0.294 e. The fourth-order valence-corrected chi connectivity index (χ4v) is 4.26. The topological polar surface area (TPSA) is 66.9 Å². The van der Waals surface area contributed by atoms with Gasteiger partial charge in [-0.1, -0.05) is 24.4 Å². The molecule has 0 saturated carbocycles. The average Bonchev–Trinajstić information content (AvgIpc) is 2.87. The van der Waals surface area contributed by atoms with Crippen LogP contribution in [0, 0.1) is 0 Å². The van der Waals surface area contributed by atoms with E-state index in [1.54, 1.807) is 29.2 Å². The first-order chi connectivity index (χ1) is 13.5. The van der Waals surface area contributed by atoms with Gasteiger partial charge in [0, 0.05) is 23.7 Å². The van der Waals surface area contributed by atoms with E-state index in [0.29, 0.717) is 36.0 Å². The molecule has 0 N–H and O–H groups in total. The molecule has 1 aromatic carbocycles. The summed E-state index contributed by atoms with van der Waals surface area (Å²) in [7, 11) is 0. The highest BCUT2D eigenvalue weighted by Crippen LogP contribution is 2.34. The molecular weight excluding hydrogens is 400 g/mol. The summed E-state index contributed by atoms with van der Waals surface area (Å²) in [5.41, 5.74) is 0.624. The number of halogens is 1. The Hall–Kier alpha value is -1.99. The molecule has 3 amide bonds. The number of hydrogen-bond acceptors (Lipinski definition) is 5. The van der Waals surface area contributed by atoms with E-state index >= 15 is 0 Å². The average molecular weight is 423 g/mol. The molecule has 28 heavy (non-hydrogen) atoms. The van der Waals surface area contributed by atoms with Crippen LogP contribution in [0.3, 0.4) is 0 Å². The molecule has 0 atom stereocenters. The summed E-state index contributed by atoms with van der Waals surface area (Å²) >= 11 is 6.89. The van der Waals surface area contributed by atoms with E-state index in [0.717, 1.165) is 42.3 Å². The van der Waals surface area contributed by atoms with Crippen molar-refractivity contribution in [2.75, 3.05) is 26.2 Å². The molecule has 6 nitrogen and oxygen atoms in total. The van der Waals surface area contributed by atoms with Gasteiger partial charge in [0.2, 0.25) is 5.91 Å². The van der Waals surface area contributed by atoms with Gasteiger partial charge in [0.1, 0.15) is 12.3 Å². The van der Waals surface area contributed by atoms with Crippen molar-refractivity contribution < 1.29 is 19.1 Å². The Balaban J connectivity index is 1.75. The Bertz CT molecular complexity index is 803. The number of carbonyl (C=O) groups excluding carboxylic acids is 3. The Morgan fingerprint density at radius 1 is 1.21 bits per heavy atom. The predicted octanol–water partition coefficient (Wildman–Crippen LogP) is 4.18. The lowest BCUT2D eigenvalue weighted by atomic mass is 10.2. The Labute approximate surface area is 173 Å². The zero-order valence-electron chi connectivity index (χ0n) is 15.8. The predicted molar refractivity (Wildman–Crippen MR) is 110 cm³/mol. The van der Waals surface area contributed by atoms with Crippen LogP contribution in [0.5, 0.6) is 5.75 Å². The Morgan fingerprint density at radius 3 is 2.61 bits per heavy atom. The number of benzene rings is 1. The van der Waals surface area contributed by atoms with Gasteiger partial charge in [0.25, 0.3) is 11.1 Å². The maximum atomic E-state index is 12.7. The summed E-state index contributed by atoms with van der Waals surface area (Å²) in [5, 5.41) is 0.0738. The van der Waals surface area contributed by atoms with Crippen LogP contribution in [0.4, 0.5) is 4.79 Å². The molecule has 2 saturated heterocycles. The van der Waals surface area contributed by atoms with Crippen molar-refractivity contribution in [3.63, 3.8) is 0 Å². The zero-order valence-corrected chi connectivity index (χ0v) is 17.4. The zero-order chi connectivity index (χ0) is 20.1. The molecule has 0 aliphatic carbocycles. The highest BCUT2D eigenvalue weighted by atomic mass is 35.5. The van der Waals surface area contributed by atoms with E-state index < -0.39 is 11.1 Å². The number of imide groups is 1. The number of hydrogen-bond donors (Lipinski definition) is 0. The van der Waals surface area contributed by atoms with Crippen LogP contribution in [0.25, 0.3) is 6.08 Å². The fraction of sp³-hybridized carbons (Fsp3) is 0.450. The van der Waals surface area contributed by atoms with Gasteiger partial charge in [-0.05, 0) is 55.8 Å². The summed E-state index contributed by atoms with van der Waals surface area (Å²) in [6.07, 6.45) is 5.73. The molecule has 0 bridgehead atoms. The van der Waals surface area contributed by atoms with Gasteiger partial charge in [-0.3, -0.25) is 19.3 Å². The van der Waals surface area contributed by atoms with Gasteiger partial charge in [0.15, 0.2) is 0 Å². The standard InChI is InChI=1S/C20H23ClN2O4S/c1-2-27-16-8-7-15(21)11-14(16)12-17-19(25)23(20(26)28-17)13-18(24)22-9-5-3-4-6-10-22/h7-8,11-12H,2-6,9-10,13H2,1H3.